The zero-order valence-corrected chi connectivity index (χ0v) is 13.1. The van der Waals surface area contributed by atoms with Gasteiger partial charge in [-0.2, -0.15) is 0 Å². The number of nitrogens with zero attached hydrogens (tertiary/aromatic N) is 1. The van der Waals surface area contributed by atoms with Crippen LogP contribution in [0.4, 0.5) is 5.82 Å². The van der Waals surface area contributed by atoms with Crippen molar-refractivity contribution in [3.8, 4) is 0 Å². The Morgan fingerprint density at radius 3 is 2.74 bits per heavy atom. The highest BCUT2D eigenvalue weighted by atomic mass is 79.9. The van der Waals surface area contributed by atoms with Crippen LogP contribution in [0.15, 0.2) is 44.5 Å². The molecular formula is C11H12BrN3O2S2. The molecule has 0 aliphatic rings. The summed E-state index contributed by atoms with van der Waals surface area (Å²) < 4.78 is 27.4. The SMILES string of the molecule is O=S(=O)(NCCNc1ccc(Br)cn1)c1cccs1. The van der Waals surface area contributed by atoms with E-state index in [1.807, 2.05) is 12.1 Å². The van der Waals surface area contributed by atoms with E-state index in [1.165, 1.54) is 11.3 Å². The molecule has 0 radical (unpaired) electrons. The van der Waals surface area contributed by atoms with Gasteiger partial charge in [-0.3, -0.25) is 0 Å². The summed E-state index contributed by atoms with van der Waals surface area (Å²) in [5.41, 5.74) is 0. The highest BCUT2D eigenvalue weighted by Crippen LogP contribution is 2.15. The smallest absolute Gasteiger partial charge is 0.250 e. The number of sulfonamides is 1. The maximum absolute atomic E-state index is 11.8. The maximum atomic E-state index is 11.8. The van der Waals surface area contributed by atoms with Crippen molar-refractivity contribution >= 4 is 43.1 Å². The molecule has 2 aromatic heterocycles. The molecule has 0 bridgehead atoms. The van der Waals surface area contributed by atoms with Crippen molar-refractivity contribution in [2.24, 2.45) is 0 Å². The van der Waals surface area contributed by atoms with Crippen LogP contribution in [-0.4, -0.2) is 26.5 Å². The zero-order chi connectivity index (χ0) is 13.7. The summed E-state index contributed by atoms with van der Waals surface area (Å²) in [4.78, 5) is 4.13. The lowest BCUT2D eigenvalue weighted by Crippen LogP contribution is -2.28. The Morgan fingerprint density at radius 2 is 2.11 bits per heavy atom. The molecule has 2 rings (SSSR count). The molecule has 102 valence electrons. The first kappa shape index (κ1) is 14.4. The van der Waals surface area contributed by atoms with Crippen molar-refractivity contribution < 1.29 is 8.42 Å². The fourth-order valence-electron chi connectivity index (χ4n) is 1.34. The molecule has 0 aliphatic heterocycles. The van der Waals surface area contributed by atoms with Crippen LogP contribution >= 0.6 is 27.3 Å². The van der Waals surface area contributed by atoms with Crippen molar-refractivity contribution in [1.82, 2.24) is 9.71 Å². The molecule has 0 fully saturated rings. The lowest BCUT2D eigenvalue weighted by Gasteiger charge is -2.07. The molecule has 0 saturated heterocycles. The minimum Gasteiger partial charge on any atom is -0.369 e. The summed E-state index contributed by atoms with van der Waals surface area (Å²) in [6.45, 7) is 0.775. The molecule has 0 atom stereocenters. The van der Waals surface area contributed by atoms with Gasteiger partial charge in [-0.1, -0.05) is 6.07 Å². The van der Waals surface area contributed by atoms with E-state index in [9.17, 15) is 8.42 Å². The van der Waals surface area contributed by atoms with E-state index in [0.717, 1.165) is 4.47 Å². The molecule has 0 aromatic carbocycles. The Balaban J connectivity index is 1.80. The van der Waals surface area contributed by atoms with Crippen LogP contribution in [0.1, 0.15) is 0 Å². The molecule has 2 aromatic rings. The number of anilines is 1. The van der Waals surface area contributed by atoms with Gasteiger partial charge in [0.15, 0.2) is 0 Å². The van der Waals surface area contributed by atoms with Gasteiger partial charge in [0.1, 0.15) is 10.0 Å². The lowest BCUT2D eigenvalue weighted by molar-refractivity contribution is 0.585. The van der Waals surface area contributed by atoms with E-state index in [0.29, 0.717) is 23.1 Å². The topological polar surface area (TPSA) is 71.1 Å². The largest absolute Gasteiger partial charge is 0.369 e. The van der Waals surface area contributed by atoms with Crippen LogP contribution in [0.5, 0.6) is 0 Å². The monoisotopic (exact) mass is 361 g/mol. The van der Waals surface area contributed by atoms with Crippen LogP contribution in [0.2, 0.25) is 0 Å². The quantitative estimate of drug-likeness (QED) is 0.774. The van der Waals surface area contributed by atoms with Crippen molar-refractivity contribution in [1.29, 1.82) is 0 Å². The molecule has 0 unspecified atom stereocenters. The van der Waals surface area contributed by atoms with Gasteiger partial charge >= 0.3 is 0 Å². The Kier molecular flexibility index (Phi) is 4.92. The van der Waals surface area contributed by atoms with E-state index in [4.69, 9.17) is 0 Å². The van der Waals surface area contributed by atoms with Gasteiger partial charge in [0.05, 0.1) is 0 Å². The summed E-state index contributed by atoms with van der Waals surface area (Å²) in [7, 11) is -3.38. The first-order valence-electron chi connectivity index (χ1n) is 5.46. The minimum atomic E-state index is -3.38. The average Bonchev–Trinajstić information content (AvgIpc) is 2.91. The number of hydrogen-bond acceptors (Lipinski definition) is 5. The van der Waals surface area contributed by atoms with Crippen molar-refractivity contribution in [3.05, 3.63) is 40.3 Å². The minimum absolute atomic E-state index is 0.304. The van der Waals surface area contributed by atoms with Gasteiger partial charge in [-0.25, -0.2) is 18.1 Å². The summed E-state index contributed by atoms with van der Waals surface area (Å²) in [5.74, 6) is 0.707. The van der Waals surface area contributed by atoms with Crippen LogP contribution in [0.25, 0.3) is 0 Å². The van der Waals surface area contributed by atoms with E-state index in [1.54, 1.807) is 23.7 Å². The van der Waals surface area contributed by atoms with Crippen LogP contribution in [0, 0.1) is 0 Å². The third kappa shape index (κ3) is 4.27. The number of aromatic nitrogens is 1. The Hall–Kier alpha value is -0.960. The molecule has 0 aliphatic carbocycles. The molecule has 2 heterocycles. The van der Waals surface area contributed by atoms with Gasteiger partial charge in [-0.15, -0.1) is 11.3 Å². The fraction of sp³-hybridized carbons (Fsp3) is 0.182. The standard InChI is InChI=1S/C11H12BrN3O2S2/c12-9-3-4-10(14-8-9)13-5-6-15-19(16,17)11-2-1-7-18-11/h1-4,7-8,15H,5-6H2,(H,13,14). The number of pyridine rings is 1. The average molecular weight is 362 g/mol. The number of thiophene rings is 1. The summed E-state index contributed by atoms with van der Waals surface area (Å²) in [6.07, 6.45) is 1.68. The first-order chi connectivity index (χ1) is 9.08. The molecule has 19 heavy (non-hydrogen) atoms. The third-order valence-corrected chi connectivity index (χ3v) is 5.54. The van der Waals surface area contributed by atoms with Crippen molar-refractivity contribution in [2.45, 2.75) is 4.21 Å². The van der Waals surface area contributed by atoms with Crippen LogP contribution in [0.3, 0.4) is 0 Å². The van der Waals surface area contributed by atoms with Gasteiger partial charge in [-0.05, 0) is 39.5 Å². The van der Waals surface area contributed by atoms with Gasteiger partial charge in [0.25, 0.3) is 0 Å². The summed E-state index contributed by atoms with van der Waals surface area (Å²) in [6, 6.07) is 6.98. The maximum Gasteiger partial charge on any atom is 0.250 e. The second kappa shape index (κ2) is 6.47. The van der Waals surface area contributed by atoms with Gasteiger partial charge in [0, 0.05) is 23.8 Å². The second-order valence-electron chi connectivity index (χ2n) is 3.62. The number of nitrogens with one attached hydrogen (secondary N) is 2. The highest BCUT2D eigenvalue weighted by molar-refractivity contribution is 9.10. The Bertz CT molecular complexity index is 612. The predicted molar refractivity (Wildman–Crippen MR) is 79.9 cm³/mol. The number of halogens is 1. The van der Waals surface area contributed by atoms with Crippen molar-refractivity contribution in [2.75, 3.05) is 18.4 Å². The van der Waals surface area contributed by atoms with E-state index >= 15 is 0 Å². The normalized spacial score (nSPS) is 11.4. The molecule has 0 spiro atoms. The molecule has 5 nitrogen and oxygen atoms in total. The zero-order valence-electron chi connectivity index (χ0n) is 9.84. The van der Waals surface area contributed by atoms with Gasteiger partial charge in [0.2, 0.25) is 10.0 Å². The van der Waals surface area contributed by atoms with E-state index in [2.05, 4.69) is 31.0 Å². The van der Waals surface area contributed by atoms with Crippen molar-refractivity contribution in [3.63, 3.8) is 0 Å². The van der Waals surface area contributed by atoms with Crippen LogP contribution < -0.4 is 10.0 Å². The lowest BCUT2D eigenvalue weighted by atomic mass is 10.4. The fourth-order valence-corrected chi connectivity index (χ4v) is 3.65. The molecular weight excluding hydrogens is 350 g/mol. The summed E-state index contributed by atoms with van der Waals surface area (Å²) >= 11 is 4.49. The predicted octanol–water partition coefficient (Wildman–Crippen LogP) is 2.30. The number of hydrogen-bond donors (Lipinski definition) is 2. The third-order valence-electron chi connectivity index (χ3n) is 2.21. The highest BCUT2D eigenvalue weighted by Gasteiger charge is 2.13. The van der Waals surface area contributed by atoms with E-state index < -0.39 is 10.0 Å². The summed E-state index contributed by atoms with van der Waals surface area (Å²) in [5, 5.41) is 4.77. The molecule has 0 saturated carbocycles. The molecule has 2 N–H and O–H groups in total. The molecule has 0 amide bonds. The number of rotatable bonds is 6. The second-order valence-corrected chi connectivity index (χ2v) is 7.48. The van der Waals surface area contributed by atoms with Crippen LogP contribution in [-0.2, 0) is 10.0 Å². The Labute approximate surface area is 124 Å². The Morgan fingerprint density at radius 1 is 1.26 bits per heavy atom. The molecule has 8 heteroatoms. The van der Waals surface area contributed by atoms with E-state index in [-0.39, 0.29) is 0 Å². The first-order valence-corrected chi connectivity index (χ1v) is 8.62. The van der Waals surface area contributed by atoms with Gasteiger partial charge < -0.3 is 5.32 Å².